The summed E-state index contributed by atoms with van der Waals surface area (Å²) in [5.41, 5.74) is 2.75. The number of ether oxygens (including phenoxy) is 1. The molecule has 3 amide bonds. The van der Waals surface area contributed by atoms with Crippen LogP contribution in [0.4, 0.5) is 23.7 Å². The first-order valence-corrected chi connectivity index (χ1v) is 9.73. The smallest absolute Gasteiger partial charge is 0.406 e. The van der Waals surface area contributed by atoms with Gasteiger partial charge in [0, 0.05) is 24.5 Å². The van der Waals surface area contributed by atoms with Crippen molar-refractivity contribution in [1.29, 1.82) is 0 Å². The molecule has 1 unspecified atom stereocenters. The molecule has 1 aliphatic rings. The van der Waals surface area contributed by atoms with Gasteiger partial charge in [0.2, 0.25) is 0 Å². The lowest BCUT2D eigenvalue weighted by Gasteiger charge is -2.21. The highest BCUT2D eigenvalue weighted by atomic mass is 19.4. The van der Waals surface area contributed by atoms with E-state index in [-0.39, 0.29) is 12.2 Å². The van der Waals surface area contributed by atoms with Gasteiger partial charge in [0.15, 0.2) is 0 Å². The molecule has 0 saturated carbocycles. The second-order valence-corrected chi connectivity index (χ2v) is 7.20. The van der Waals surface area contributed by atoms with Crippen molar-refractivity contribution in [2.75, 3.05) is 4.90 Å². The molecular weight excluding hydrogens is 423 g/mol. The predicted octanol–water partition coefficient (Wildman–Crippen LogP) is 5.00. The topological polar surface area (TPSA) is 62.7 Å². The Morgan fingerprint density at radius 1 is 1.00 bits per heavy atom. The average molecular weight is 441 g/mol. The predicted molar refractivity (Wildman–Crippen MR) is 111 cm³/mol. The molecule has 32 heavy (non-hydrogen) atoms. The molecule has 1 atom stereocenters. The first kappa shape index (κ1) is 21.4. The molecule has 0 aliphatic carbocycles. The van der Waals surface area contributed by atoms with Crippen LogP contribution in [0.25, 0.3) is 11.1 Å². The highest BCUT2D eigenvalue weighted by Gasteiger charge is 2.43. The molecule has 1 aliphatic heterocycles. The number of anilines is 1. The number of imide groups is 1. The molecule has 9 heteroatoms. The lowest BCUT2D eigenvalue weighted by atomic mass is 10.0. The lowest BCUT2D eigenvalue weighted by molar-refractivity contribution is -0.274. The SMILES string of the molecule is CC1C(=O)N(c2ccc(OC(F)(F)F)cc2)C(=O)N1Cc1ccncc1-c1ccccc1. The van der Waals surface area contributed by atoms with Crippen molar-refractivity contribution < 1.29 is 27.5 Å². The standard InChI is InChI=1S/C23H18F3N3O3/c1-15-21(30)29(18-7-9-19(10-8-18)32-23(24,25)26)22(31)28(15)14-17-11-12-27-13-20(17)16-5-3-2-4-6-16/h2-13,15H,14H2,1H3. The maximum atomic E-state index is 13.1. The van der Waals surface area contributed by atoms with Crippen LogP contribution in [0.5, 0.6) is 5.75 Å². The fourth-order valence-corrected chi connectivity index (χ4v) is 3.57. The van der Waals surface area contributed by atoms with Gasteiger partial charge in [-0.25, -0.2) is 9.69 Å². The number of carbonyl (C=O) groups excluding carboxylic acids is 2. The molecule has 0 radical (unpaired) electrons. The number of pyridine rings is 1. The third-order valence-electron chi connectivity index (χ3n) is 5.15. The number of halogens is 3. The molecule has 1 saturated heterocycles. The van der Waals surface area contributed by atoms with Gasteiger partial charge in [0.1, 0.15) is 11.8 Å². The van der Waals surface area contributed by atoms with Gasteiger partial charge in [-0.3, -0.25) is 9.78 Å². The van der Waals surface area contributed by atoms with E-state index in [9.17, 15) is 22.8 Å². The summed E-state index contributed by atoms with van der Waals surface area (Å²) in [6.07, 6.45) is -1.51. The van der Waals surface area contributed by atoms with Crippen LogP contribution in [-0.2, 0) is 11.3 Å². The van der Waals surface area contributed by atoms with Crippen LogP contribution in [-0.4, -0.2) is 34.2 Å². The summed E-state index contributed by atoms with van der Waals surface area (Å²) in [5, 5.41) is 0. The van der Waals surface area contributed by atoms with Crippen molar-refractivity contribution in [1.82, 2.24) is 9.88 Å². The molecule has 4 rings (SSSR count). The zero-order chi connectivity index (χ0) is 22.9. The van der Waals surface area contributed by atoms with Gasteiger partial charge < -0.3 is 9.64 Å². The van der Waals surface area contributed by atoms with E-state index in [2.05, 4.69) is 9.72 Å². The van der Waals surface area contributed by atoms with Crippen LogP contribution in [0, 0.1) is 0 Å². The minimum atomic E-state index is -4.83. The normalized spacial score (nSPS) is 16.6. The largest absolute Gasteiger partial charge is 0.573 e. The van der Waals surface area contributed by atoms with Crippen LogP contribution >= 0.6 is 0 Å². The highest BCUT2D eigenvalue weighted by molar-refractivity contribution is 6.21. The molecule has 164 valence electrons. The van der Waals surface area contributed by atoms with Crippen LogP contribution in [0.15, 0.2) is 73.1 Å². The molecule has 1 fully saturated rings. The van der Waals surface area contributed by atoms with E-state index in [4.69, 9.17) is 0 Å². The molecule has 0 spiro atoms. The summed E-state index contributed by atoms with van der Waals surface area (Å²) in [6.45, 7) is 1.79. The second kappa shape index (κ2) is 8.33. The number of amides is 3. The zero-order valence-electron chi connectivity index (χ0n) is 16.9. The Kier molecular flexibility index (Phi) is 5.56. The number of hydrogen-bond acceptors (Lipinski definition) is 4. The summed E-state index contributed by atoms with van der Waals surface area (Å²) >= 11 is 0. The van der Waals surface area contributed by atoms with Crippen molar-refractivity contribution in [3.05, 3.63) is 78.6 Å². The number of hydrogen-bond donors (Lipinski definition) is 0. The number of urea groups is 1. The first-order valence-electron chi connectivity index (χ1n) is 9.73. The summed E-state index contributed by atoms with van der Waals surface area (Å²) in [6, 6.07) is 14.7. The maximum absolute atomic E-state index is 13.1. The van der Waals surface area contributed by atoms with Crippen LogP contribution in [0.1, 0.15) is 12.5 Å². The van der Waals surface area contributed by atoms with Crippen molar-refractivity contribution >= 4 is 17.6 Å². The van der Waals surface area contributed by atoms with Gasteiger partial charge in [0.05, 0.1) is 5.69 Å². The maximum Gasteiger partial charge on any atom is 0.573 e. The zero-order valence-corrected chi connectivity index (χ0v) is 16.9. The van der Waals surface area contributed by atoms with E-state index in [1.54, 1.807) is 25.4 Å². The monoisotopic (exact) mass is 441 g/mol. The summed E-state index contributed by atoms with van der Waals surface area (Å²) in [4.78, 5) is 32.5. The van der Waals surface area contributed by atoms with Crippen molar-refractivity contribution in [3.8, 4) is 16.9 Å². The quantitative estimate of drug-likeness (QED) is 0.523. The Labute approximate surface area is 181 Å². The lowest BCUT2D eigenvalue weighted by Crippen LogP contribution is -2.33. The van der Waals surface area contributed by atoms with Crippen molar-refractivity contribution in [3.63, 3.8) is 0 Å². The van der Waals surface area contributed by atoms with Gasteiger partial charge in [-0.1, -0.05) is 30.3 Å². The Bertz CT molecular complexity index is 1130. The van der Waals surface area contributed by atoms with Crippen LogP contribution < -0.4 is 9.64 Å². The van der Waals surface area contributed by atoms with E-state index in [1.807, 2.05) is 30.3 Å². The Morgan fingerprint density at radius 2 is 1.69 bits per heavy atom. The fraction of sp³-hybridized carbons (Fsp3) is 0.174. The van der Waals surface area contributed by atoms with E-state index < -0.39 is 30.1 Å². The molecule has 6 nitrogen and oxygen atoms in total. The van der Waals surface area contributed by atoms with Gasteiger partial charge in [-0.15, -0.1) is 13.2 Å². The average Bonchev–Trinajstić information content (AvgIpc) is 2.97. The number of nitrogens with zero attached hydrogens (tertiary/aromatic N) is 3. The van der Waals surface area contributed by atoms with Gasteiger partial charge in [-0.2, -0.15) is 0 Å². The summed E-state index contributed by atoms with van der Waals surface area (Å²) in [7, 11) is 0. The van der Waals surface area contributed by atoms with Crippen molar-refractivity contribution in [2.24, 2.45) is 0 Å². The highest BCUT2D eigenvalue weighted by Crippen LogP contribution is 2.31. The minimum absolute atomic E-state index is 0.168. The fourth-order valence-electron chi connectivity index (χ4n) is 3.57. The van der Waals surface area contributed by atoms with E-state index in [0.29, 0.717) is 0 Å². The molecule has 1 aromatic heterocycles. The second-order valence-electron chi connectivity index (χ2n) is 7.20. The Balaban J connectivity index is 1.58. The molecule has 3 aromatic rings. The number of aromatic nitrogens is 1. The first-order chi connectivity index (χ1) is 15.2. The Morgan fingerprint density at radius 3 is 2.34 bits per heavy atom. The third kappa shape index (κ3) is 4.27. The van der Waals surface area contributed by atoms with E-state index in [1.165, 1.54) is 17.0 Å². The number of rotatable bonds is 5. The molecule has 2 aromatic carbocycles. The third-order valence-corrected chi connectivity index (χ3v) is 5.15. The van der Waals surface area contributed by atoms with Crippen molar-refractivity contribution in [2.45, 2.75) is 25.9 Å². The number of carbonyl (C=O) groups is 2. The summed E-state index contributed by atoms with van der Waals surface area (Å²) in [5.74, 6) is -0.899. The van der Waals surface area contributed by atoms with Gasteiger partial charge >= 0.3 is 12.4 Å². The van der Waals surface area contributed by atoms with Gasteiger partial charge in [-0.05, 0) is 48.4 Å². The van der Waals surface area contributed by atoms with Crippen LogP contribution in [0.2, 0.25) is 0 Å². The molecule has 0 N–H and O–H groups in total. The molecular formula is C23H18F3N3O3. The number of alkyl halides is 3. The van der Waals surface area contributed by atoms with Crippen LogP contribution in [0.3, 0.4) is 0 Å². The summed E-state index contributed by atoms with van der Waals surface area (Å²) < 4.78 is 41.0. The van der Waals surface area contributed by atoms with Gasteiger partial charge in [0.25, 0.3) is 5.91 Å². The van der Waals surface area contributed by atoms with E-state index in [0.717, 1.165) is 33.7 Å². The molecule has 0 bridgehead atoms. The van der Waals surface area contributed by atoms with E-state index >= 15 is 0 Å². The Hall–Kier alpha value is -3.88. The minimum Gasteiger partial charge on any atom is -0.406 e. The number of benzene rings is 2. The molecule has 2 heterocycles.